The second-order valence-electron chi connectivity index (χ2n) is 6.79. The number of hydrogen-bond donors (Lipinski definition) is 1. The number of benzene rings is 1. The molecule has 1 saturated carbocycles. The molecular weight excluding hydrogens is 435 g/mol. The molecule has 0 bridgehead atoms. The van der Waals surface area contributed by atoms with Crippen molar-refractivity contribution in [2.75, 3.05) is 33.7 Å². The first-order valence-corrected chi connectivity index (χ1v) is 8.94. The minimum Gasteiger partial charge on any atom is -0.356 e. The Labute approximate surface area is 167 Å². The van der Waals surface area contributed by atoms with E-state index in [0.29, 0.717) is 0 Å². The summed E-state index contributed by atoms with van der Waals surface area (Å²) in [4.78, 5) is 9.23. The molecule has 0 radical (unpaired) electrons. The van der Waals surface area contributed by atoms with Gasteiger partial charge < -0.3 is 15.1 Å². The maximum absolute atomic E-state index is 6.06. The fourth-order valence-electron chi connectivity index (χ4n) is 3.40. The van der Waals surface area contributed by atoms with Crippen LogP contribution in [-0.4, -0.2) is 55.5 Å². The van der Waals surface area contributed by atoms with E-state index in [1.54, 1.807) is 0 Å². The molecule has 6 heteroatoms. The third kappa shape index (κ3) is 5.49. The largest absolute Gasteiger partial charge is 0.356 e. The highest BCUT2D eigenvalue weighted by Crippen LogP contribution is 2.31. The number of hydrogen-bond acceptors (Lipinski definition) is 2. The van der Waals surface area contributed by atoms with Crippen LogP contribution in [0.4, 0.5) is 0 Å². The van der Waals surface area contributed by atoms with Gasteiger partial charge in [0, 0.05) is 44.8 Å². The van der Waals surface area contributed by atoms with Crippen molar-refractivity contribution in [3.05, 3.63) is 34.9 Å². The van der Waals surface area contributed by atoms with Crippen LogP contribution in [0.1, 0.15) is 24.8 Å². The van der Waals surface area contributed by atoms with Crippen molar-refractivity contribution in [1.29, 1.82) is 0 Å². The van der Waals surface area contributed by atoms with Crippen LogP contribution in [0, 0.1) is 5.92 Å². The number of rotatable bonds is 5. The summed E-state index contributed by atoms with van der Waals surface area (Å²) in [5.74, 6) is 1.70. The molecule has 1 aliphatic carbocycles. The molecule has 0 spiro atoms. The topological polar surface area (TPSA) is 30.9 Å². The summed E-state index contributed by atoms with van der Waals surface area (Å²) < 4.78 is 0. The van der Waals surface area contributed by atoms with Gasteiger partial charge in [0.25, 0.3) is 0 Å². The highest BCUT2D eigenvalue weighted by atomic mass is 127. The Balaban J connectivity index is 0.00000208. The summed E-state index contributed by atoms with van der Waals surface area (Å²) in [5, 5.41) is 4.32. The zero-order chi connectivity index (χ0) is 16.2. The molecule has 1 aliphatic heterocycles. The molecule has 1 saturated heterocycles. The van der Waals surface area contributed by atoms with Crippen LogP contribution in [0.25, 0.3) is 0 Å². The van der Waals surface area contributed by atoms with Crippen molar-refractivity contribution in [2.24, 2.45) is 10.9 Å². The molecule has 0 amide bonds. The van der Waals surface area contributed by atoms with Gasteiger partial charge in [-0.3, -0.25) is 4.99 Å². The van der Waals surface area contributed by atoms with Crippen LogP contribution in [0.2, 0.25) is 5.02 Å². The lowest BCUT2D eigenvalue weighted by Gasteiger charge is -2.24. The van der Waals surface area contributed by atoms with E-state index in [2.05, 4.69) is 33.2 Å². The molecule has 1 aromatic rings. The number of nitrogens with one attached hydrogen (secondary N) is 1. The quantitative estimate of drug-likeness (QED) is 0.413. The van der Waals surface area contributed by atoms with Gasteiger partial charge in [-0.05, 0) is 49.4 Å². The molecule has 1 N–H and O–H groups in total. The lowest BCUT2D eigenvalue weighted by atomic mass is 10.1. The van der Waals surface area contributed by atoms with E-state index in [1.165, 1.54) is 37.9 Å². The Morgan fingerprint density at radius 1 is 1.38 bits per heavy atom. The summed E-state index contributed by atoms with van der Waals surface area (Å²) in [6.45, 7) is 4.33. The highest BCUT2D eigenvalue weighted by Gasteiger charge is 2.34. The van der Waals surface area contributed by atoms with Crippen molar-refractivity contribution in [2.45, 2.75) is 31.8 Å². The molecule has 24 heavy (non-hydrogen) atoms. The Morgan fingerprint density at radius 3 is 2.83 bits per heavy atom. The second kappa shape index (κ2) is 9.25. The van der Waals surface area contributed by atoms with Gasteiger partial charge in [0.1, 0.15) is 0 Å². The average molecular weight is 463 g/mol. The van der Waals surface area contributed by atoms with Crippen LogP contribution >= 0.6 is 35.6 Å². The zero-order valence-electron chi connectivity index (χ0n) is 14.5. The van der Waals surface area contributed by atoms with E-state index in [4.69, 9.17) is 11.6 Å². The molecule has 4 nitrogen and oxygen atoms in total. The van der Waals surface area contributed by atoms with Crippen LogP contribution in [-0.2, 0) is 6.54 Å². The average Bonchev–Trinajstić information content (AvgIpc) is 3.27. The fourth-order valence-corrected chi connectivity index (χ4v) is 3.62. The molecule has 1 atom stereocenters. The smallest absolute Gasteiger partial charge is 0.193 e. The predicted octanol–water partition coefficient (Wildman–Crippen LogP) is 3.45. The van der Waals surface area contributed by atoms with Gasteiger partial charge in [-0.1, -0.05) is 23.7 Å². The van der Waals surface area contributed by atoms with Crippen LogP contribution in [0.5, 0.6) is 0 Å². The van der Waals surface area contributed by atoms with Crippen LogP contribution in [0.15, 0.2) is 29.3 Å². The van der Waals surface area contributed by atoms with E-state index >= 15 is 0 Å². The molecule has 1 aromatic carbocycles. The summed E-state index contributed by atoms with van der Waals surface area (Å²) in [5.41, 5.74) is 1.20. The Hall–Kier alpha value is -0.530. The lowest BCUT2D eigenvalue weighted by Crippen LogP contribution is -2.41. The number of aliphatic imine (C=N–C) groups is 1. The van der Waals surface area contributed by atoms with Crippen molar-refractivity contribution in [3.63, 3.8) is 0 Å². The van der Waals surface area contributed by atoms with Crippen molar-refractivity contribution in [1.82, 2.24) is 15.1 Å². The molecule has 2 fully saturated rings. The highest BCUT2D eigenvalue weighted by molar-refractivity contribution is 14.0. The van der Waals surface area contributed by atoms with Crippen molar-refractivity contribution < 1.29 is 0 Å². The Bertz CT molecular complexity index is 562. The molecule has 1 heterocycles. The van der Waals surface area contributed by atoms with Crippen molar-refractivity contribution >= 4 is 41.5 Å². The second-order valence-corrected chi connectivity index (χ2v) is 7.23. The van der Waals surface area contributed by atoms with E-state index in [0.717, 1.165) is 36.0 Å². The maximum Gasteiger partial charge on any atom is 0.193 e. The van der Waals surface area contributed by atoms with E-state index < -0.39 is 0 Å². The number of nitrogens with zero attached hydrogens (tertiary/aromatic N) is 3. The van der Waals surface area contributed by atoms with Crippen LogP contribution < -0.4 is 5.32 Å². The van der Waals surface area contributed by atoms with Crippen LogP contribution in [0.3, 0.4) is 0 Å². The zero-order valence-corrected chi connectivity index (χ0v) is 17.6. The third-order valence-electron chi connectivity index (χ3n) is 4.81. The first kappa shape index (κ1) is 19.8. The summed E-state index contributed by atoms with van der Waals surface area (Å²) in [6.07, 6.45) is 4.12. The predicted molar refractivity (Wildman–Crippen MR) is 112 cm³/mol. The monoisotopic (exact) mass is 462 g/mol. The summed E-state index contributed by atoms with van der Waals surface area (Å²) >= 11 is 6.06. The Morgan fingerprint density at radius 2 is 2.17 bits per heavy atom. The van der Waals surface area contributed by atoms with E-state index in [9.17, 15) is 0 Å². The molecular formula is C18H28ClIN4. The number of guanidine groups is 1. The molecule has 1 unspecified atom stereocenters. The molecule has 3 rings (SSSR count). The third-order valence-corrected chi connectivity index (χ3v) is 5.05. The molecule has 0 aromatic heterocycles. The first-order chi connectivity index (χ1) is 11.2. The van der Waals surface area contributed by atoms with Gasteiger partial charge in [0.2, 0.25) is 0 Å². The van der Waals surface area contributed by atoms with Gasteiger partial charge >= 0.3 is 0 Å². The van der Waals surface area contributed by atoms with E-state index in [1.807, 2.05) is 25.2 Å². The standard InChI is InChI=1S/C18H27ClN4.HI/c1-20-18(22(2)12-14-4-3-5-16(19)10-14)21-11-15-8-9-23(13-15)17-6-7-17;/h3-5,10,15,17H,6-9,11-13H2,1-2H3,(H,20,21);1H. The summed E-state index contributed by atoms with van der Waals surface area (Å²) in [7, 11) is 3.92. The first-order valence-electron chi connectivity index (χ1n) is 8.56. The van der Waals surface area contributed by atoms with Crippen molar-refractivity contribution in [3.8, 4) is 0 Å². The number of likely N-dealkylation sites (tertiary alicyclic amines) is 1. The number of halogens is 2. The van der Waals surface area contributed by atoms with Gasteiger partial charge in [0.05, 0.1) is 0 Å². The minimum atomic E-state index is 0. The molecule has 2 aliphatic rings. The summed E-state index contributed by atoms with van der Waals surface area (Å²) in [6, 6.07) is 8.90. The van der Waals surface area contributed by atoms with Gasteiger partial charge in [0.15, 0.2) is 5.96 Å². The van der Waals surface area contributed by atoms with E-state index in [-0.39, 0.29) is 24.0 Å². The molecule has 134 valence electrons. The van der Waals surface area contributed by atoms with Gasteiger partial charge in [-0.25, -0.2) is 0 Å². The normalized spacial score (nSPS) is 21.5. The van der Waals surface area contributed by atoms with Gasteiger partial charge in [-0.15, -0.1) is 24.0 Å². The lowest BCUT2D eigenvalue weighted by molar-refractivity contribution is 0.313. The SMILES string of the molecule is CN=C(NCC1CCN(C2CC2)C1)N(C)Cc1cccc(Cl)c1.I. The minimum absolute atomic E-state index is 0. The maximum atomic E-state index is 6.06. The Kier molecular flexibility index (Phi) is 7.62. The van der Waals surface area contributed by atoms with Gasteiger partial charge in [-0.2, -0.15) is 0 Å². The fraction of sp³-hybridized carbons (Fsp3) is 0.611.